The number of hydrogen-bond donors (Lipinski definition) is 1. The van der Waals surface area contributed by atoms with Gasteiger partial charge >= 0.3 is 0 Å². The standard InChI is InChI=1S/C19H15N5/c1-12-22-16-7-8-17-15(18(16)19(20)23-12)9-10-24(17)11-13-3-5-14(21-2)6-4-13/h3-10H,11H2,1H3,(H2,20,22,23). The van der Waals surface area contributed by atoms with Crippen LogP contribution in [0.3, 0.4) is 0 Å². The van der Waals surface area contributed by atoms with Crippen LogP contribution >= 0.6 is 0 Å². The molecule has 2 aromatic heterocycles. The highest BCUT2D eigenvalue weighted by Gasteiger charge is 2.10. The minimum absolute atomic E-state index is 0.516. The zero-order valence-electron chi connectivity index (χ0n) is 13.2. The number of aromatic nitrogens is 3. The molecule has 2 heterocycles. The van der Waals surface area contributed by atoms with Crippen LogP contribution in [0.4, 0.5) is 11.5 Å². The van der Waals surface area contributed by atoms with Gasteiger partial charge in [-0.2, -0.15) is 0 Å². The number of nitrogens with two attached hydrogens (primary N) is 1. The molecule has 0 fully saturated rings. The topological polar surface area (TPSA) is 61.1 Å². The Morgan fingerprint density at radius 3 is 2.62 bits per heavy atom. The molecule has 2 aromatic carbocycles. The molecule has 0 aliphatic carbocycles. The van der Waals surface area contributed by atoms with Crippen molar-refractivity contribution < 1.29 is 0 Å². The number of fused-ring (bicyclic) bond motifs is 3. The van der Waals surface area contributed by atoms with Crippen LogP contribution in [0.1, 0.15) is 11.4 Å². The first-order chi connectivity index (χ1) is 11.7. The molecule has 0 atom stereocenters. The van der Waals surface area contributed by atoms with Gasteiger partial charge in [0.2, 0.25) is 0 Å². The highest BCUT2D eigenvalue weighted by Crippen LogP contribution is 2.29. The number of nitrogens with zero attached hydrogens (tertiary/aromatic N) is 4. The largest absolute Gasteiger partial charge is 0.383 e. The maximum Gasteiger partial charge on any atom is 0.187 e. The lowest BCUT2D eigenvalue weighted by Crippen LogP contribution is -1.99. The summed E-state index contributed by atoms with van der Waals surface area (Å²) in [5.41, 5.74) is 9.89. The summed E-state index contributed by atoms with van der Waals surface area (Å²) in [6.45, 7) is 9.61. The van der Waals surface area contributed by atoms with Crippen LogP contribution in [0.25, 0.3) is 26.7 Å². The fourth-order valence-electron chi connectivity index (χ4n) is 3.06. The molecule has 4 aromatic rings. The van der Waals surface area contributed by atoms with Gasteiger partial charge in [0, 0.05) is 23.6 Å². The van der Waals surface area contributed by atoms with E-state index in [9.17, 15) is 0 Å². The summed E-state index contributed by atoms with van der Waals surface area (Å²) in [6, 6.07) is 13.8. The van der Waals surface area contributed by atoms with Gasteiger partial charge in [-0.25, -0.2) is 14.8 Å². The molecular weight excluding hydrogens is 298 g/mol. The van der Waals surface area contributed by atoms with Crippen molar-refractivity contribution >= 4 is 33.3 Å². The Morgan fingerprint density at radius 1 is 1.08 bits per heavy atom. The predicted octanol–water partition coefficient (Wildman–Crippen LogP) is 4.07. The zero-order valence-corrected chi connectivity index (χ0v) is 13.2. The Labute approximate surface area is 139 Å². The summed E-state index contributed by atoms with van der Waals surface area (Å²) in [6.07, 6.45) is 2.05. The van der Waals surface area contributed by atoms with Crippen LogP contribution < -0.4 is 5.73 Å². The molecule has 4 rings (SSSR count). The minimum Gasteiger partial charge on any atom is -0.383 e. The van der Waals surface area contributed by atoms with E-state index in [1.54, 1.807) is 0 Å². The van der Waals surface area contributed by atoms with Crippen molar-refractivity contribution in [2.75, 3.05) is 5.73 Å². The quantitative estimate of drug-likeness (QED) is 0.567. The summed E-state index contributed by atoms with van der Waals surface area (Å²) in [4.78, 5) is 12.2. The van der Waals surface area contributed by atoms with E-state index in [-0.39, 0.29) is 0 Å². The van der Waals surface area contributed by atoms with Gasteiger partial charge in [-0.15, -0.1) is 0 Å². The Kier molecular flexibility index (Phi) is 3.17. The molecule has 0 aliphatic heterocycles. The van der Waals surface area contributed by atoms with Crippen LogP contribution in [-0.2, 0) is 6.54 Å². The maximum absolute atomic E-state index is 7.03. The first-order valence-electron chi connectivity index (χ1n) is 7.64. The van der Waals surface area contributed by atoms with E-state index >= 15 is 0 Å². The predicted molar refractivity (Wildman–Crippen MR) is 96.0 cm³/mol. The molecule has 116 valence electrons. The molecule has 0 aliphatic rings. The van der Waals surface area contributed by atoms with E-state index in [0.29, 0.717) is 17.3 Å². The first-order valence-corrected chi connectivity index (χ1v) is 7.64. The van der Waals surface area contributed by atoms with Crippen molar-refractivity contribution in [1.82, 2.24) is 14.5 Å². The van der Waals surface area contributed by atoms with Crippen molar-refractivity contribution in [1.29, 1.82) is 0 Å². The van der Waals surface area contributed by atoms with Crippen LogP contribution in [0, 0.1) is 13.5 Å². The van der Waals surface area contributed by atoms with Gasteiger partial charge in [-0.1, -0.05) is 24.3 Å². The zero-order chi connectivity index (χ0) is 16.7. The third kappa shape index (κ3) is 2.25. The number of aryl methyl sites for hydroxylation is 1. The fourth-order valence-corrected chi connectivity index (χ4v) is 3.06. The third-order valence-electron chi connectivity index (χ3n) is 4.17. The monoisotopic (exact) mass is 313 g/mol. The molecule has 24 heavy (non-hydrogen) atoms. The Bertz CT molecular complexity index is 1100. The smallest absolute Gasteiger partial charge is 0.187 e. The number of rotatable bonds is 2. The molecule has 0 spiro atoms. The van der Waals surface area contributed by atoms with Crippen LogP contribution in [0.15, 0.2) is 48.7 Å². The lowest BCUT2D eigenvalue weighted by Gasteiger charge is -2.08. The second-order valence-electron chi connectivity index (χ2n) is 5.77. The second-order valence-corrected chi connectivity index (χ2v) is 5.77. The van der Waals surface area contributed by atoms with Gasteiger partial charge in [-0.05, 0) is 30.7 Å². The van der Waals surface area contributed by atoms with E-state index in [4.69, 9.17) is 12.3 Å². The molecule has 2 N–H and O–H groups in total. The van der Waals surface area contributed by atoms with Crippen molar-refractivity contribution in [2.45, 2.75) is 13.5 Å². The molecule has 5 nitrogen and oxygen atoms in total. The van der Waals surface area contributed by atoms with Crippen molar-refractivity contribution in [3.05, 3.63) is 71.5 Å². The maximum atomic E-state index is 7.03. The van der Waals surface area contributed by atoms with Gasteiger partial charge in [-0.3, -0.25) is 0 Å². The number of benzene rings is 2. The number of hydrogen-bond acceptors (Lipinski definition) is 3. The highest BCUT2D eigenvalue weighted by molar-refractivity contribution is 6.10. The Morgan fingerprint density at radius 2 is 1.88 bits per heavy atom. The first kappa shape index (κ1) is 14.2. The van der Waals surface area contributed by atoms with Crippen molar-refractivity contribution in [3.8, 4) is 0 Å². The molecular formula is C19H15N5. The molecule has 0 saturated carbocycles. The molecule has 5 heteroatoms. The SMILES string of the molecule is [C-]#[N+]c1ccc(Cn2ccc3c4c(N)nc(C)nc4ccc32)cc1. The molecule has 0 radical (unpaired) electrons. The van der Waals surface area contributed by atoms with Gasteiger partial charge in [0.05, 0.1) is 17.5 Å². The van der Waals surface area contributed by atoms with Gasteiger partial charge in [0.15, 0.2) is 5.69 Å². The van der Waals surface area contributed by atoms with E-state index < -0.39 is 0 Å². The highest BCUT2D eigenvalue weighted by atomic mass is 15.0. The Balaban J connectivity index is 1.82. The normalized spacial score (nSPS) is 11.0. The van der Waals surface area contributed by atoms with Crippen LogP contribution in [0.5, 0.6) is 0 Å². The lowest BCUT2D eigenvalue weighted by molar-refractivity contribution is 0.837. The Hall–Kier alpha value is -3.39. The summed E-state index contributed by atoms with van der Waals surface area (Å²) >= 11 is 0. The summed E-state index contributed by atoms with van der Waals surface area (Å²) in [5, 5.41) is 1.96. The molecule has 0 unspecified atom stereocenters. The lowest BCUT2D eigenvalue weighted by atomic mass is 10.1. The second kappa shape index (κ2) is 5.36. The van der Waals surface area contributed by atoms with Gasteiger partial charge < -0.3 is 10.3 Å². The third-order valence-corrected chi connectivity index (χ3v) is 4.17. The minimum atomic E-state index is 0.516. The van der Waals surface area contributed by atoms with E-state index in [1.165, 1.54) is 0 Å². The summed E-state index contributed by atoms with van der Waals surface area (Å²) in [7, 11) is 0. The van der Waals surface area contributed by atoms with E-state index in [0.717, 1.165) is 33.9 Å². The van der Waals surface area contributed by atoms with Crippen LogP contribution in [-0.4, -0.2) is 14.5 Å². The van der Waals surface area contributed by atoms with Crippen molar-refractivity contribution in [2.24, 2.45) is 0 Å². The van der Waals surface area contributed by atoms with Crippen LogP contribution in [0.2, 0.25) is 0 Å². The average molecular weight is 313 g/mol. The molecule has 0 saturated heterocycles. The number of anilines is 1. The summed E-state index contributed by atoms with van der Waals surface area (Å²) < 4.78 is 2.17. The van der Waals surface area contributed by atoms with Crippen molar-refractivity contribution in [3.63, 3.8) is 0 Å². The van der Waals surface area contributed by atoms with E-state index in [2.05, 4.69) is 31.5 Å². The fraction of sp³-hybridized carbons (Fsp3) is 0.105. The summed E-state index contributed by atoms with van der Waals surface area (Å²) in [5.74, 6) is 1.20. The molecule has 0 bridgehead atoms. The van der Waals surface area contributed by atoms with Gasteiger partial charge in [0.1, 0.15) is 11.6 Å². The van der Waals surface area contributed by atoms with E-state index in [1.807, 2.05) is 43.5 Å². The average Bonchev–Trinajstić information content (AvgIpc) is 2.98. The van der Waals surface area contributed by atoms with Gasteiger partial charge in [0.25, 0.3) is 0 Å². The number of nitrogen functional groups attached to an aromatic ring is 1. The molecule has 0 amide bonds.